The maximum absolute atomic E-state index is 7.09. The van der Waals surface area contributed by atoms with E-state index in [9.17, 15) is 0 Å². The Morgan fingerprint density at radius 2 is 1.19 bits per heavy atom. The van der Waals surface area contributed by atoms with E-state index in [0.717, 1.165) is 112 Å². The van der Waals surface area contributed by atoms with Gasteiger partial charge in [-0.2, -0.15) is 0 Å². The molecule has 1 aliphatic carbocycles. The van der Waals surface area contributed by atoms with E-state index < -0.39 is 0 Å². The van der Waals surface area contributed by atoms with E-state index >= 15 is 0 Å². The van der Waals surface area contributed by atoms with Crippen molar-refractivity contribution in [2.24, 2.45) is 0 Å². The highest BCUT2D eigenvalue weighted by atomic mass is 16.3. The molecule has 12 rings (SSSR count). The Morgan fingerprint density at radius 1 is 0.537 bits per heavy atom. The first-order chi connectivity index (χ1) is 32.3. The van der Waals surface area contributed by atoms with Crippen LogP contribution in [0.5, 0.6) is 0 Å². The average molecular weight is 870 g/mol. The minimum atomic E-state index is -0.0580. The van der Waals surface area contributed by atoms with Gasteiger partial charge in [-0.05, 0) is 123 Å². The second-order valence-corrected chi connectivity index (χ2v) is 21.1. The highest BCUT2D eigenvalue weighted by Gasteiger charge is 2.38. The van der Waals surface area contributed by atoms with Gasteiger partial charge in [-0.15, -0.1) is 0 Å². The first-order valence-electron chi connectivity index (χ1n) is 23.8. The Hall–Kier alpha value is -7.24. The summed E-state index contributed by atoms with van der Waals surface area (Å²) in [5.41, 5.74) is 20.5. The lowest BCUT2D eigenvalue weighted by Crippen LogP contribution is -2.40. The van der Waals surface area contributed by atoms with Gasteiger partial charge in [0, 0.05) is 49.9 Å². The second-order valence-electron chi connectivity index (χ2n) is 21.1. The van der Waals surface area contributed by atoms with Gasteiger partial charge in [0.25, 0.3) is 0 Å². The van der Waals surface area contributed by atoms with Crippen molar-refractivity contribution in [3.63, 3.8) is 0 Å². The molecule has 327 valence electrons. The third-order valence-corrected chi connectivity index (χ3v) is 14.7. The molecule has 0 atom stereocenters. The lowest BCUT2D eigenvalue weighted by atomic mass is 9.61. The smallest absolute Gasteiger partial charge is 0.247 e. The quantitative estimate of drug-likeness (QED) is 0.169. The second kappa shape index (κ2) is 15.2. The number of rotatable bonds is 6. The summed E-state index contributed by atoms with van der Waals surface area (Å²) in [6.45, 7) is 16.4. The summed E-state index contributed by atoms with van der Waals surface area (Å²) in [5, 5.41) is 7.24. The first-order valence-corrected chi connectivity index (χ1v) is 23.8. The van der Waals surface area contributed by atoms with Gasteiger partial charge in [0.15, 0.2) is 0 Å². The van der Waals surface area contributed by atoms with E-state index in [1.807, 2.05) is 0 Å². The Bertz CT molecular complexity index is 3570. The number of para-hydroxylation sites is 2. The topological polar surface area (TPSA) is 41.6 Å². The lowest BCUT2D eigenvalue weighted by Gasteiger charge is -2.42. The molecular weight excluding hydrogens is 816 g/mol. The Labute approximate surface area is 394 Å². The number of hydrogen-bond donors (Lipinski definition) is 1. The molecule has 0 spiro atoms. The molecule has 0 saturated carbocycles. The Kier molecular flexibility index (Phi) is 9.32. The van der Waals surface area contributed by atoms with Crippen LogP contribution < -0.4 is 21.3 Å². The summed E-state index contributed by atoms with van der Waals surface area (Å²) < 4.78 is 14.0. The molecule has 4 nitrogen and oxygen atoms in total. The molecule has 0 fully saturated rings. The van der Waals surface area contributed by atoms with Crippen LogP contribution in [0.15, 0.2) is 179 Å². The summed E-state index contributed by atoms with van der Waals surface area (Å²) in [5.74, 6) is 0. The van der Waals surface area contributed by atoms with Crippen LogP contribution >= 0.6 is 0 Å². The molecule has 1 N–H and O–H groups in total. The van der Waals surface area contributed by atoms with Crippen molar-refractivity contribution < 1.29 is 8.83 Å². The maximum atomic E-state index is 7.09. The molecule has 0 bridgehead atoms. The predicted octanol–water partition coefficient (Wildman–Crippen LogP) is 16.2. The minimum Gasteiger partial charge on any atom is -0.469 e. The van der Waals surface area contributed by atoms with Gasteiger partial charge in [-0.25, -0.2) is 0 Å². The van der Waals surface area contributed by atoms with Crippen LogP contribution in [0.1, 0.15) is 78.0 Å². The molecule has 8 aromatic carbocycles. The summed E-state index contributed by atoms with van der Waals surface area (Å²) in [4.78, 5) is 2.47. The molecule has 1 aliphatic heterocycles. The predicted molar refractivity (Wildman–Crippen MR) is 283 cm³/mol. The molecule has 3 heterocycles. The van der Waals surface area contributed by atoms with E-state index in [1.54, 1.807) is 0 Å². The largest absolute Gasteiger partial charge is 0.469 e. The zero-order valence-electron chi connectivity index (χ0n) is 39.4. The molecule has 0 unspecified atom stereocenters. The van der Waals surface area contributed by atoms with Gasteiger partial charge in [-0.1, -0.05) is 164 Å². The standard InChI is InChI=1S/C62H54BN2O2/c1-60(2,3)41-27-31-51(46(35-41)39-20-12-9-13-21-39)65-52-37-47-43-22-14-16-24-53(43)66-58(47)55(56(52)63-59-57(65)45-23-15-17-25-54(45)67-59)44-29-26-40(38-18-10-8-11-19-38)34-50(44)64-42-28-30-48-49(36-42)62(6,7)33-32-61(48,4)5/h8-31,34-37,64H,32-33H2,1-7H3. The first kappa shape index (κ1) is 41.2. The van der Waals surface area contributed by atoms with E-state index in [0.29, 0.717) is 0 Å². The van der Waals surface area contributed by atoms with Crippen LogP contribution in [-0.4, -0.2) is 7.28 Å². The fraction of sp³-hybridized carbons (Fsp3) is 0.194. The number of nitrogens with zero attached hydrogens (tertiary/aromatic N) is 1. The molecule has 10 aromatic rings. The minimum absolute atomic E-state index is 0.0580. The molecule has 67 heavy (non-hydrogen) atoms. The van der Waals surface area contributed by atoms with Gasteiger partial charge in [0.1, 0.15) is 16.7 Å². The van der Waals surface area contributed by atoms with Crippen LogP contribution in [0, 0.1) is 0 Å². The molecule has 1 radical (unpaired) electrons. The molecule has 5 heteroatoms. The summed E-state index contributed by atoms with van der Waals surface area (Å²) >= 11 is 0. The summed E-state index contributed by atoms with van der Waals surface area (Å²) in [6, 6.07) is 61.7. The highest BCUT2D eigenvalue weighted by Crippen LogP contribution is 2.51. The molecular formula is C62H54BN2O2. The van der Waals surface area contributed by atoms with Gasteiger partial charge >= 0.3 is 0 Å². The van der Waals surface area contributed by atoms with Gasteiger partial charge in [0.05, 0.1) is 17.0 Å². The van der Waals surface area contributed by atoms with Crippen molar-refractivity contribution >= 4 is 79.7 Å². The zero-order valence-corrected chi connectivity index (χ0v) is 39.4. The van der Waals surface area contributed by atoms with E-state index in [-0.39, 0.29) is 16.2 Å². The highest BCUT2D eigenvalue weighted by molar-refractivity contribution is 6.73. The van der Waals surface area contributed by atoms with Crippen molar-refractivity contribution in [2.75, 3.05) is 10.2 Å². The molecule has 2 aromatic heterocycles. The number of fused-ring (bicyclic) bond motifs is 8. The van der Waals surface area contributed by atoms with E-state index in [1.165, 1.54) is 23.1 Å². The van der Waals surface area contributed by atoms with Gasteiger partial charge in [0.2, 0.25) is 7.28 Å². The van der Waals surface area contributed by atoms with E-state index in [2.05, 4.69) is 236 Å². The number of hydrogen-bond acceptors (Lipinski definition) is 4. The molecule has 0 saturated heterocycles. The fourth-order valence-corrected chi connectivity index (χ4v) is 10.9. The van der Waals surface area contributed by atoms with Crippen LogP contribution in [0.25, 0.3) is 66.3 Å². The average Bonchev–Trinajstić information content (AvgIpc) is 3.90. The zero-order chi connectivity index (χ0) is 45.8. The van der Waals surface area contributed by atoms with Gasteiger partial charge < -0.3 is 19.1 Å². The van der Waals surface area contributed by atoms with Gasteiger partial charge in [-0.3, -0.25) is 0 Å². The third-order valence-electron chi connectivity index (χ3n) is 14.7. The SMILES string of the molecule is CC(C)(C)c1ccc(N2c3cc4c(oc5ccccc54)c(-c4ccc(-c5ccccc5)cc4Nc4ccc5c(c4)C(C)(C)CCC5(C)C)c3[B]c3oc4ccccc4c32)c(-c2ccccc2)c1. The van der Waals surface area contributed by atoms with Crippen LogP contribution in [0.4, 0.5) is 28.4 Å². The normalized spacial score (nSPS) is 15.0. The fourth-order valence-electron chi connectivity index (χ4n) is 10.9. The lowest BCUT2D eigenvalue weighted by molar-refractivity contribution is 0.332. The number of anilines is 5. The van der Waals surface area contributed by atoms with Crippen molar-refractivity contribution in [2.45, 2.75) is 77.6 Å². The number of furan rings is 2. The third kappa shape index (κ3) is 6.81. The van der Waals surface area contributed by atoms with Crippen LogP contribution in [0.3, 0.4) is 0 Å². The summed E-state index contributed by atoms with van der Waals surface area (Å²) in [6.07, 6.45) is 2.32. The Balaban J connectivity index is 1.16. The van der Waals surface area contributed by atoms with E-state index in [4.69, 9.17) is 8.83 Å². The number of nitrogens with one attached hydrogen (secondary N) is 1. The molecule has 2 aliphatic rings. The summed E-state index contributed by atoms with van der Waals surface area (Å²) in [7, 11) is 2.26. The van der Waals surface area contributed by atoms with Crippen molar-refractivity contribution in [3.8, 4) is 33.4 Å². The van der Waals surface area contributed by atoms with Crippen LogP contribution in [0.2, 0.25) is 0 Å². The number of benzene rings is 8. The Morgan fingerprint density at radius 3 is 1.93 bits per heavy atom. The molecule has 0 amide bonds. The van der Waals surface area contributed by atoms with Crippen molar-refractivity contribution in [3.05, 3.63) is 187 Å². The monoisotopic (exact) mass is 869 g/mol. The maximum Gasteiger partial charge on any atom is 0.247 e. The van der Waals surface area contributed by atoms with Crippen molar-refractivity contribution in [1.82, 2.24) is 0 Å². The van der Waals surface area contributed by atoms with Crippen LogP contribution in [-0.2, 0) is 16.2 Å². The van der Waals surface area contributed by atoms with Crippen molar-refractivity contribution in [1.29, 1.82) is 0 Å².